The molecule has 1 amide bonds. The maximum absolute atomic E-state index is 12.1. The lowest BCUT2D eigenvalue weighted by Gasteiger charge is -2.18. The van der Waals surface area contributed by atoms with Gasteiger partial charge >= 0.3 is 0 Å². The minimum absolute atomic E-state index is 0.00699. The maximum atomic E-state index is 12.1. The van der Waals surface area contributed by atoms with Gasteiger partial charge in [-0.15, -0.1) is 0 Å². The highest BCUT2D eigenvalue weighted by molar-refractivity contribution is 9.10. The fourth-order valence-corrected chi connectivity index (χ4v) is 2.70. The summed E-state index contributed by atoms with van der Waals surface area (Å²) in [5.41, 5.74) is 7.84. The van der Waals surface area contributed by atoms with Gasteiger partial charge in [0.15, 0.2) is 0 Å². The van der Waals surface area contributed by atoms with Crippen molar-refractivity contribution in [2.24, 2.45) is 11.7 Å². The predicted molar refractivity (Wildman–Crippen MR) is 72.9 cm³/mol. The molecule has 2 rings (SSSR count). The fraction of sp³-hybridized carbons (Fsp3) is 0.462. The van der Waals surface area contributed by atoms with Gasteiger partial charge in [0.05, 0.1) is 5.69 Å². The van der Waals surface area contributed by atoms with Crippen molar-refractivity contribution in [1.82, 2.24) is 0 Å². The Bertz CT molecular complexity index is 445. The second-order valence-corrected chi connectivity index (χ2v) is 5.68. The number of carbonyl (C=O) groups excluding carboxylic acids is 1. The van der Waals surface area contributed by atoms with Crippen LogP contribution in [0.5, 0.6) is 0 Å². The number of benzene rings is 1. The second-order valence-electron chi connectivity index (χ2n) is 4.82. The van der Waals surface area contributed by atoms with E-state index in [1.165, 1.54) is 0 Å². The van der Waals surface area contributed by atoms with E-state index in [-0.39, 0.29) is 5.91 Å². The SMILES string of the molecule is CC(C)CCN1C(=O)C(N)c2c(Br)cccc21. The molecule has 2 N–H and O–H groups in total. The Morgan fingerprint density at radius 1 is 1.47 bits per heavy atom. The van der Waals surface area contributed by atoms with Gasteiger partial charge in [0.25, 0.3) is 0 Å². The van der Waals surface area contributed by atoms with E-state index in [1.54, 1.807) is 0 Å². The first-order valence-corrected chi connectivity index (χ1v) is 6.67. The number of fused-ring (bicyclic) bond motifs is 1. The second kappa shape index (κ2) is 4.78. The van der Waals surface area contributed by atoms with E-state index in [0.29, 0.717) is 5.92 Å². The van der Waals surface area contributed by atoms with Crippen LogP contribution in [-0.4, -0.2) is 12.5 Å². The first kappa shape index (κ1) is 12.6. The molecule has 1 atom stereocenters. The van der Waals surface area contributed by atoms with E-state index in [2.05, 4.69) is 29.8 Å². The Hall–Kier alpha value is -0.870. The molecule has 17 heavy (non-hydrogen) atoms. The van der Waals surface area contributed by atoms with Crippen LogP contribution in [0.2, 0.25) is 0 Å². The van der Waals surface area contributed by atoms with E-state index in [4.69, 9.17) is 5.73 Å². The van der Waals surface area contributed by atoms with Crippen LogP contribution in [0.25, 0.3) is 0 Å². The lowest BCUT2D eigenvalue weighted by molar-refractivity contribution is -0.119. The summed E-state index contributed by atoms with van der Waals surface area (Å²) >= 11 is 3.46. The molecular formula is C13H17BrN2O. The van der Waals surface area contributed by atoms with Crippen LogP contribution in [0.1, 0.15) is 31.9 Å². The standard InChI is InChI=1S/C13H17BrN2O/c1-8(2)6-7-16-10-5-3-4-9(14)11(10)12(15)13(16)17/h3-5,8,12H,6-7,15H2,1-2H3. The van der Waals surface area contributed by atoms with Gasteiger partial charge < -0.3 is 10.6 Å². The summed E-state index contributed by atoms with van der Waals surface area (Å²) in [6, 6.07) is 5.31. The molecule has 0 bridgehead atoms. The molecule has 1 aromatic carbocycles. The van der Waals surface area contributed by atoms with E-state index < -0.39 is 6.04 Å². The summed E-state index contributed by atoms with van der Waals surface area (Å²) < 4.78 is 0.919. The molecule has 92 valence electrons. The Morgan fingerprint density at radius 3 is 2.82 bits per heavy atom. The third kappa shape index (κ3) is 2.24. The third-order valence-electron chi connectivity index (χ3n) is 3.09. The largest absolute Gasteiger partial charge is 0.316 e. The quantitative estimate of drug-likeness (QED) is 0.932. The van der Waals surface area contributed by atoms with Crippen molar-refractivity contribution in [3.63, 3.8) is 0 Å². The molecule has 0 fully saturated rings. The van der Waals surface area contributed by atoms with Gasteiger partial charge in [-0.05, 0) is 24.5 Å². The molecule has 1 aromatic rings. The molecule has 4 heteroatoms. The topological polar surface area (TPSA) is 46.3 Å². The number of nitrogens with zero attached hydrogens (tertiary/aromatic N) is 1. The van der Waals surface area contributed by atoms with Gasteiger partial charge in [0.1, 0.15) is 6.04 Å². The number of hydrogen-bond acceptors (Lipinski definition) is 2. The van der Waals surface area contributed by atoms with Crippen molar-refractivity contribution in [2.75, 3.05) is 11.4 Å². The lowest BCUT2D eigenvalue weighted by Crippen LogP contribution is -2.33. The zero-order valence-corrected chi connectivity index (χ0v) is 11.7. The number of amides is 1. The van der Waals surface area contributed by atoms with Crippen molar-refractivity contribution in [1.29, 1.82) is 0 Å². The molecule has 0 saturated carbocycles. The van der Waals surface area contributed by atoms with Crippen LogP contribution in [0, 0.1) is 5.92 Å². The minimum atomic E-state index is -0.521. The molecule has 0 radical (unpaired) electrons. The molecule has 0 aromatic heterocycles. The van der Waals surface area contributed by atoms with Crippen molar-refractivity contribution >= 4 is 27.5 Å². The summed E-state index contributed by atoms with van der Waals surface area (Å²) in [6.45, 7) is 5.05. The average Bonchev–Trinajstić information content (AvgIpc) is 2.51. The molecule has 1 aliphatic rings. The minimum Gasteiger partial charge on any atom is -0.316 e. The highest BCUT2D eigenvalue weighted by Crippen LogP contribution is 2.39. The molecular weight excluding hydrogens is 280 g/mol. The zero-order valence-electron chi connectivity index (χ0n) is 10.1. The van der Waals surface area contributed by atoms with Gasteiger partial charge in [-0.1, -0.05) is 35.8 Å². The summed E-state index contributed by atoms with van der Waals surface area (Å²) in [5.74, 6) is 0.586. The smallest absolute Gasteiger partial charge is 0.248 e. The van der Waals surface area contributed by atoms with Gasteiger partial charge in [0, 0.05) is 16.6 Å². The van der Waals surface area contributed by atoms with E-state index in [9.17, 15) is 4.79 Å². The third-order valence-corrected chi connectivity index (χ3v) is 3.79. The van der Waals surface area contributed by atoms with Gasteiger partial charge in [-0.3, -0.25) is 4.79 Å². The fourth-order valence-electron chi connectivity index (χ4n) is 2.10. The number of hydrogen-bond donors (Lipinski definition) is 1. The summed E-state index contributed by atoms with van der Waals surface area (Å²) in [4.78, 5) is 13.9. The summed E-state index contributed by atoms with van der Waals surface area (Å²) in [7, 11) is 0. The van der Waals surface area contributed by atoms with Crippen molar-refractivity contribution in [3.05, 3.63) is 28.2 Å². The Balaban J connectivity index is 2.32. The number of rotatable bonds is 3. The number of nitrogens with two attached hydrogens (primary N) is 1. The first-order chi connectivity index (χ1) is 8.02. The summed E-state index contributed by atoms with van der Waals surface area (Å²) in [5, 5.41) is 0. The van der Waals surface area contributed by atoms with Gasteiger partial charge in [-0.2, -0.15) is 0 Å². The predicted octanol–water partition coefficient (Wildman–Crippen LogP) is 2.84. The highest BCUT2D eigenvalue weighted by atomic mass is 79.9. The summed E-state index contributed by atoms with van der Waals surface area (Å²) in [6.07, 6.45) is 0.990. The maximum Gasteiger partial charge on any atom is 0.248 e. The molecule has 0 aliphatic carbocycles. The van der Waals surface area contributed by atoms with Crippen LogP contribution in [-0.2, 0) is 4.79 Å². The average molecular weight is 297 g/mol. The monoisotopic (exact) mass is 296 g/mol. The van der Waals surface area contributed by atoms with E-state index >= 15 is 0 Å². The molecule has 1 unspecified atom stereocenters. The van der Waals surface area contributed by atoms with Crippen LogP contribution >= 0.6 is 15.9 Å². The Morgan fingerprint density at radius 2 is 2.18 bits per heavy atom. The van der Waals surface area contributed by atoms with Crippen LogP contribution in [0.4, 0.5) is 5.69 Å². The van der Waals surface area contributed by atoms with Gasteiger partial charge in [-0.25, -0.2) is 0 Å². The van der Waals surface area contributed by atoms with Crippen molar-refractivity contribution in [3.8, 4) is 0 Å². The van der Waals surface area contributed by atoms with Crippen LogP contribution in [0.3, 0.4) is 0 Å². The van der Waals surface area contributed by atoms with Crippen molar-refractivity contribution in [2.45, 2.75) is 26.3 Å². The molecule has 1 aliphatic heterocycles. The molecule has 0 saturated heterocycles. The Kier molecular flexibility index (Phi) is 3.54. The lowest BCUT2D eigenvalue weighted by atomic mass is 10.1. The number of halogens is 1. The number of anilines is 1. The Labute approximate surface area is 110 Å². The normalized spacial score (nSPS) is 19.0. The van der Waals surface area contributed by atoms with Crippen LogP contribution < -0.4 is 10.6 Å². The van der Waals surface area contributed by atoms with E-state index in [0.717, 1.165) is 28.7 Å². The highest BCUT2D eigenvalue weighted by Gasteiger charge is 2.35. The first-order valence-electron chi connectivity index (χ1n) is 5.87. The number of carbonyl (C=O) groups is 1. The zero-order chi connectivity index (χ0) is 12.6. The molecule has 1 heterocycles. The van der Waals surface area contributed by atoms with Gasteiger partial charge in [0.2, 0.25) is 5.91 Å². The van der Waals surface area contributed by atoms with E-state index in [1.807, 2.05) is 23.1 Å². The molecule has 0 spiro atoms. The van der Waals surface area contributed by atoms with Crippen LogP contribution in [0.15, 0.2) is 22.7 Å². The van der Waals surface area contributed by atoms with Crippen molar-refractivity contribution < 1.29 is 4.79 Å². The molecule has 3 nitrogen and oxygen atoms in total.